The molecule has 2 aromatic carbocycles. The Morgan fingerprint density at radius 1 is 1.04 bits per heavy atom. The first-order valence-corrected chi connectivity index (χ1v) is 8.09. The van der Waals surface area contributed by atoms with Crippen LogP contribution >= 0.6 is 23.2 Å². The fraction of sp³-hybridized carbons (Fsp3) is 0.0556. The van der Waals surface area contributed by atoms with Crippen molar-refractivity contribution >= 4 is 45.2 Å². The van der Waals surface area contributed by atoms with Crippen LogP contribution in [0, 0.1) is 6.92 Å². The van der Waals surface area contributed by atoms with Crippen LogP contribution in [0.25, 0.3) is 22.0 Å². The summed E-state index contributed by atoms with van der Waals surface area (Å²) in [5, 5.41) is 1.65. The Morgan fingerprint density at radius 3 is 2.60 bits per heavy atom. The van der Waals surface area contributed by atoms with Crippen LogP contribution in [0.3, 0.4) is 0 Å². The van der Waals surface area contributed by atoms with E-state index in [-0.39, 0.29) is 0 Å². The summed E-state index contributed by atoms with van der Waals surface area (Å²) in [6.07, 6.45) is 1.49. The molecule has 0 N–H and O–H groups in total. The first-order valence-electron chi connectivity index (χ1n) is 7.34. The predicted molar refractivity (Wildman–Crippen MR) is 96.9 cm³/mol. The van der Waals surface area contributed by atoms with E-state index >= 15 is 0 Å². The highest BCUT2D eigenvalue weighted by atomic mass is 35.5. The fourth-order valence-corrected chi connectivity index (χ4v) is 2.85. The molecule has 0 saturated heterocycles. The van der Waals surface area contributed by atoms with Crippen LogP contribution in [-0.4, -0.2) is 9.97 Å². The highest BCUT2D eigenvalue weighted by Crippen LogP contribution is 2.29. The molecule has 2 heterocycles. The number of aryl methyl sites for hydroxylation is 1. The Balaban J connectivity index is 1.74. The molecule has 0 radical (unpaired) electrons. The Hall–Kier alpha value is -2.63. The third-order valence-corrected chi connectivity index (χ3v) is 4.43. The molecule has 0 aliphatic carbocycles. The van der Waals surface area contributed by atoms with Crippen LogP contribution in [0.15, 0.2) is 51.8 Å². The van der Waals surface area contributed by atoms with Gasteiger partial charge in [0.1, 0.15) is 11.3 Å². The van der Waals surface area contributed by atoms with E-state index in [1.54, 1.807) is 24.3 Å². The summed E-state index contributed by atoms with van der Waals surface area (Å²) in [6.45, 7) is 1.85. The van der Waals surface area contributed by atoms with Crippen molar-refractivity contribution in [2.45, 2.75) is 6.92 Å². The quantitative estimate of drug-likeness (QED) is 0.455. The molecule has 4 rings (SSSR count). The number of fused-ring (bicyclic) bond motifs is 2. The Labute approximate surface area is 151 Å². The standard InChI is InChI=1S/C18H10Cl2N2O3/c1-9-4-18(23)25-16-5-10(2-3-11(9)16)24-17-8-21-14-6-12(19)13(20)7-15(14)22-17/h2-8H,1H3. The van der Waals surface area contributed by atoms with Crippen LogP contribution in [0.2, 0.25) is 10.0 Å². The smallest absolute Gasteiger partial charge is 0.336 e. The molecule has 0 spiro atoms. The van der Waals surface area contributed by atoms with E-state index in [0.29, 0.717) is 38.3 Å². The summed E-state index contributed by atoms with van der Waals surface area (Å²) < 4.78 is 10.9. The van der Waals surface area contributed by atoms with Gasteiger partial charge in [-0.3, -0.25) is 0 Å². The van der Waals surface area contributed by atoms with Gasteiger partial charge in [0.25, 0.3) is 0 Å². The van der Waals surface area contributed by atoms with Gasteiger partial charge in [0, 0.05) is 17.5 Å². The average Bonchev–Trinajstić information content (AvgIpc) is 2.55. The van der Waals surface area contributed by atoms with Gasteiger partial charge in [-0.05, 0) is 36.8 Å². The van der Waals surface area contributed by atoms with Gasteiger partial charge in [0.2, 0.25) is 5.88 Å². The Kier molecular flexibility index (Phi) is 3.82. The van der Waals surface area contributed by atoms with E-state index in [9.17, 15) is 4.79 Å². The maximum absolute atomic E-state index is 11.5. The van der Waals surface area contributed by atoms with Crippen molar-refractivity contribution in [3.63, 3.8) is 0 Å². The van der Waals surface area contributed by atoms with Gasteiger partial charge in [0.05, 0.1) is 27.3 Å². The maximum atomic E-state index is 11.5. The number of benzene rings is 2. The Morgan fingerprint density at radius 2 is 1.80 bits per heavy atom. The second kappa shape index (κ2) is 6.02. The normalized spacial score (nSPS) is 11.2. The van der Waals surface area contributed by atoms with Crippen LogP contribution < -0.4 is 10.4 Å². The zero-order valence-corrected chi connectivity index (χ0v) is 14.4. The Bertz CT molecular complexity index is 1190. The third-order valence-electron chi connectivity index (χ3n) is 3.71. The molecule has 0 saturated carbocycles. The molecule has 5 nitrogen and oxygen atoms in total. The van der Waals surface area contributed by atoms with Gasteiger partial charge in [-0.2, -0.15) is 0 Å². The highest BCUT2D eigenvalue weighted by Gasteiger charge is 2.08. The molecule has 0 unspecified atom stereocenters. The number of halogens is 2. The molecule has 7 heteroatoms. The third kappa shape index (κ3) is 3.04. The lowest BCUT2D eigenvalue weighted by Crippen LogP contribution is -1.98. The van der Waals surface area contributed by atoms with E-state index in [2.05, 4.69) is 9.97 Å². The molecule has 0 aliphatic rings. The van der Waals surface area contributed by atoms with Crippen molar-refractivity contribution < 1.29 is 9.15 Å². The van der Waals surface area contributed by atoms with E-state index in [1.807, 2.05) is 13.0 Å². The first-order chi connectivity index (χ1) is 12.0. The number of hydrogen-bond donors (Lipinski definition) is 0. The van der Waals surface area contributed by atoms with Crippen LogP contribution in [-0.2, 0) is 0 Å². The molecule has 4 aromatic rings. The molecule has 0 fully saturated rings. The monoisotopic (exact) mass is 372 g/mol. The number of aromatic nitrogens is 2. The molecule has 2 aromatic heterocycles. The van der Waals surface area contributed by atoms with E-state index < -0.39 is 5.63 Å². The van der Waals surface area contributed by atoms with Crippen molar-refractivity contribution in [1.29, 1.82) is 0 Å². The molecular formula is C18H10Cl2N2O3. The summed E-state index contributed by atoms with van der Waals surface area (Å²) in [5.41, 5.74) is 2.07. The summed E-state index contributed by atoms with van der Waals surface area (Å²) in [4.78, 5) is 20.2. The topological polar surface area (TPSA) is 65.2 Å². The minimum atomic E-state index is -0.404. The van der Waals surface area contributed by atoms with Gasteiger partial charge in [-0.25, -0.2) is 14.8 Å². The first kappa shape index (κ1) is 15.9. The van der Waals surface area contributed by atoms with E-state index in [4.69, 9.17) is 32.4 Å². The lowest BCUT2D eigenvalue weighted by atomic mass is 10.1. The minimum absolute atomic E-state index is 0.292. The SMILES string of the molecule is Cc1cc(=O)oc2cc(Oc3cnc4cc(Cl)c(Cl)cc4n3)ccc12. The summed E-state index contributed by atoms with van der Waals surface area (Å²) >= 11 is 12.0. The predicted octanol–water partition coefficient (Wildman–Crippen LogP) is 5.14. The number of ether oxygens (including phenoxy) is 1. The van der Waals surface area contributed by atoms with E-state index in [1.165, 1.54) is 12.3 Å². The van der Waals surface area contributed by atoms with Crippen molar-refractivity contribution in [1.82, 2.24) is 9.97 Å². The van der Waals surface area contributed by atoms with E-state index in [0.717, 1.165) is 10.9 Å². The minimum Gasteiger partial charge on any atom is -0.437 e. The van der Waals surface area contributed by atoms with Crippen LogP contribution in [0.4, 0.5) is 0 Å². The lowest BCUT2D eigenvalue weighted by molar-refractivity contribution is 0.461. The number of nitrogens with zero attached hydrogens (tertiary/aromatic N) is 2. The zero-order chi connectivity index (χ0) is 17.6. The van der Waals surface area contributed by atoms with Crippen molar-refractivity contribution in [2.24, 2.45) is 0 Å². The number of hydrogen-bond acceptors (Lipinski definition) is 5. The molecule has 0 amide bonds. The van der Waals surface area contributed by atoms with Gasteiger partial charge in [0.15, 0.2) is 0 Å². The number of rotatable bonds is 2. The van der Waals surface area contributed by atoms with Crippen molar-refractivity contribution in [2.75, 3.05) is 0 Å². The van der Waals surface area contributed by atoms with Crippen molar-refractivity contribution in [3.8, 4) is 11.6 Å². The second-order valence-electron chi connectivity index (χ2n) is 5.47. The molecule has 0 aliphatic heterocycles. The summed E-state index contributed by atoms with van der Waals surface area (Å²) in [6, 6.07) is 9.96. The van der Waals surface area contributed by atoms with Gasteiger partial charge in [-0.15, -0.1) is 0 Å². The fourth-order valence-electron chi connectivity index (χ4n) is 2.53. The van der Waals surface area contributed by atoms with Gasteiger partial charge < -0.3 is 9.15 Å². The molecule has 0 bridgehead atoms. The maximum Gasteiger partial charge on any atom is 0.336 e. The highest BCUT2D eigenvalue weighted by molar-refractivity contribution is 6.42. The van der Waals surface area contributed by atoms with Gasteiger partial charge >= 0.3 is 5.63 Å². The van der Waals surface area contributed by atoms with Crippen molar-refractivity contribution in [3.05, 3.63) is 68.6 Å². The largest absolute Gasteiger partial charge is 0.437 e. The lowest BCUT2D eigenvalue weighted by Gasteiger charge is -2.07. The summed E-state index contributed by atoms with van der Waals surface area (Å²) in [7, 11) is 0. The second-order valence-corrected chi connectivity index (χ2v) is 6.29. The molecule has 0 atom stereocenters. The molecule has 25 heavy (non-hydrogen) atoms. The molecular weight excluding hydrogens is 363 g/mol. The van der Waals surface area contributed by atoms with Crippen LogP contribution in [0.1, 0.15) is 5.56 Å². The molecule has 124 valence electrons. The average molecular weight is 373 g/mol. The van der Waals surface area contributed by atoms with Crippen LogP contribution in [0.5, 0.6) is 11.6 Å². The summed E-state index contributed by atoms with van der Waals surface area (Å²) in [5.74, 6) is 0.773. The van der Waals surface area contributed by atoms with Gasteiger partial charge in [-0.1, -0.05) is 23.2 Å². The zero-order valence-electron chi connectivity index (χ0n) is 12.9.